The van der Waals surface area contributed by atoms with E-state index < -0.39 is 5.92 Å². The first-order valence-corrected chi connectivity index (χ1v) is 13.4. The summed E-state index contributed by atoms with van der Waals surface area (Å²) >= 11 is 1.40. The maximum absolute atomic E-state index is 12.8. The summed E-state index contributed by atoms with van der Waals surface area (Å²) in [7, 11) is 0. The van der Waals surface area contributed by atoms with Gasteiger partial charge in [-0.1, -0.05) is 23.5 Å². The number of hydrogen-bond donors (Lipinski definition) is 2. The number of hydrogen-bond acceptors (Lipinski definition) is 8. The first-order chi connectivity index (χ1) is 17.1. The van der Waals surface area contributed by atoms with E-state index in [0.29, 0.717) is 17.8 Å². The number of carbonyl (C=O) groups is 2. The zero-order valence-corrected chi connectivity index (χ0v) is 20.7. The highest BCUT2D eigenvalue weighted by atomic mass is 32.1. The largest absolute Gasteiger partial charge is 0.378 e. The molecule has 0 aliphatic carbocycles. The lowest BCUT2D eigenvalue weighted by Gasteiger charge is -2.24. The highest BCUT2D eigenvalue weighted by molar-refractivity contribution is 7.15. The standard InChI is InChI=1S/C25H33N5O4S/c31-23-14-18(16-30(23)19-6-4-17(5-7-19)13-21-15-26-10-12-34-21)24(32)27-25-29-28-22(35-25)9-8-20-3-1-2-11-33-20/h4-7,18,20-21,26H,1-3,8-16H2,(H,27,29,32)/t18-,20?,21?/m0/s1. The fourth-order valence-corrected chi connectivity index (χ4v) is 5.65. The average Bonchev–Trinajstić information content (AvgIpc) is 3.51. The van der Waals surface area contributed by atoms with E-state index >= 15 is 0 Å². The lowest BCUT2D eigenvalue weighted by atomic mass is 10.1. The normalized spacial score (nSPS) is 25.1. The molecule has 2 amide bonds. The quantitative estimate of drug-likeness (QED) is 0.575. The summed E-state index contributed by atoms with van der Waals surface area (Å²) in [6.45, 7) is 3.70. The van der Waals surface area contributed by atoms with E-state index in [-0.39, 0.29) is 24.3 Å². The van der Waals surface area contributed by atoms with Crippen LogP contribution in [-0.4, -0.2) is 67.1 Å². The Morgan fingerprint density at radius 2 is 2.00 bits per heavy atom. The van der Waals surface area contributed by atoms with Crippen molar-refractivity contribution in [2.45, 2.75) is 57.2 Å². The van der Waals surface area contributed by atoms with Crippen LogP contribution in [0.3, 0.4) is 0 Å². The molecular weight excluding hydrogens is 466 g/mol. The molecule has 2 aromatic rings. The maximum atomic E-state index is 12.8. The molecule has 3 aliphatic heterocycles. The van der Waals surface area contributed by atoms with Gasteiger partial charge in [-0.2, -0.15) is 0 Å². The zero-order chi connectivity index (χ0) is 24.0. The second kappa shape index (κ2) is 11.6. The second-order valence-corrected chi connectivity index (χ2v) is 10.6. The van der Waals surface area contributed by atoms with Gasteiger partial charge in [-0.15, -0.1) is 10.2 Å². The SMILES string of the molecule is O=C(Nc1nnc(CCC2CCCCO2)s1)[C@H]1CC(=O)N(c2ccc(CC3CNCCO3)cc2)C1. The number of rotatable bonds is 8. The molecule has 3 atom stereocenters. The second-order valence-electron chi connectivity index (χ2n) is 9.49. The predicted octanol–water partition coefficient (Wildman–Crippen LogP) is 2.56. The third kappa shape index (κ3) is 6.43. The third-order valence-electron chi connectivity index (χ3n) is 6.86. The monoisotopic (exact) mass is 499 g/mol. The number of anilines is 2. The van der Waals surface area contributed by atoms with Crippen molar-refractivity contribution in [3.63, 3.8) is 0 Å². The van der Waals surface area contributed by atoms with E-state index in [4.69, 9.17) is 9.47 Å². The molecule has 9 nitrogen and oxygen atoms in total. The number of carbonyl (C=O) groups excluding carboxylic acids is 2. The van der Waals surface area contributed by atoms with Crippen LogP contribution in [0.2, 0.25) is 0 Å². The van der Waals surface area contributed by atoms with E-state index in [1.807, 2.05) is 24.3 Å². The number of nitrogens with zero attached hydrogens (tertiary/aromatic N) is 3. The Kier molecular flexibility index (Phi) is 8.02. The molecule has 3 saturated heterocycles. The lowest BCUT2D eigenvalue weighted by Crippen LogP contribution is -2.39. The fraction of sp³-hybridized carbons (Fsp3) is 0.600. The summed E-state index contributed by atoms with van der Waals surface area (Å²) in [6.07, 6.45) is 6.70. The van der Waals surface area contributed by atoms with Crippen molar-refractivity contribution in [2.24, 2.45) is 5.92 Å². The van der Waals surface area contributed by atoms with Gasteiger partial charge in [-0.05, 0) is 49.8 Å². The Hall–Kier alpha value is -2.40. The Bertz CT molecular complexity index is 1000. The van der Waals surface area contributed by atoms with Crippen LogP contribution >= 0.6 is 11.3 Å². The molecule has 10 heteroatoms. The summed E-state index contributed by atoms with van der Waals surface area (Å²) in [5.41, 5.74) is 1.99. The highest BCUT2D eigenvalue weighted by Crippen LogP contribution is 2.28. The van der Waals surface area contributed by atoms with Crippen molar-refractivity contribution in [3.05, 3.63) is 34.8 Å². The lowest BCUT2D eigenvalue weighted by molar-refractivity contribution is -0.122. The van der Waals surface area contributed by atoms with Gasteiger partial charge in [0, 0.05) is 44.8 Å². The number of ether oxygens (including phenoxy) is 2. The van der Waals surface area contributed by atoms with E-state index in [9.17, 15) is 9.59 Å². The van der Waals surface area contributed by atoms with Crippen molar-refractivity contribution in [1.82, 2.24) is 15.5 Å². The molecule has 188 valence electrons. The summed E-state index contributed by atoms with van der Waals surface area (Å²) in [4.78, 5) is 27.2. The first kappa shape index (κ1) is 24.3. The van der Waals surface area contributed by atoms with Crippen LogP contribution in [0.4, 0.5) is 10.8 Å². The van der Waals surface area contributed by atoms with Crippen LogP contribution in [0.5, 0.6) is 0 Å². The average molecular weight is 500 g/mol. The predicted molar refractivity (Wildman–Crippen MR) is 134 cm³/mol. The van der Waals surface area contributed by atoms with E-state index in [2.05, 4.69) is 20.8 Å². The van der Waals surface area contributed by atoms with Crippen molar-refractivity contribution >= 4 is 34.0 Å². The summed E-state index contributed by atoms with van der Waals surface area (Å²) in [5.74, 6) is -0.632. The first-order valence-electron chi connectivity index (χ1n) is 12.6. The van der Waals surface area contributed by atoms with Crippen LogP contribution in [0.1, 0.15) is 42.7 Å². The Morgan fingerprint density at radius 3 is 2.77 bits per heavy atom. The van der Waals surface area contributed by atoms with Crippen LogP contribution < -0.4 is 15.5 Å². The molecule has 2 unspecified atom stereocenters. The maximum Gasteiger partial charge on any atom is 0.231 e. The molecule has 3 fully saturated rings. The van der Waals surface area contributed by atoms with Gasteiger partial charge in [0.25, 0.3) is 0 Å². The highest BCUT2D eigenvalue weighted by Gasteiger charge is 2.35. The van der Waals surface area contributed by atoms with Gasteiger partial charge in [0.15, 0.2) is 0 Å². The van der Waals surface area contributed by atoms with Gasteiger partial charge in [0.1, 0.15) is 5.01 Å². The zero-order valence-electron chi connectivity index (χ0n) is 19.9. The van der Waals surface area contributed by atoms with Gasteiger partial charge in [0.2, 0.25) is 16.9 Å². The van der Waals surface area contributed by atoms with Crippen molar-refractivity contribution in [2.75, 3.05) is 43.1 Å². The number of benzene rings is 1. The van der Waals surface area contributed by atoms with Gasteiger partial charge >= 0.3 is 0 Å². The van der Waals surface area contributed by atoms with Gasteiger partial charge in [0.05, 0.1) is 24.7 Å². The van der Waals surface area contributed by atoms with Crippen LogP contribution in [0.25, 0.3) is 0 Å². The number of amides is 2. The third-order valence-corrected chi connectivity index (χ3v) is 7.76. The van der Waals surface area contributed by atoms with Gasteiger partial charge in [-0.25, -0.2) is 0 Å². The number of morpholine rings is 1. The molecule has 0 saturated carbocycles. The number of nitrogens with one attached hydrogen (secondary N) is 2. The number of aromatic nitrogens is 2. The minimum absolute atomic E-state index is 0.0388. The van der Waals surface area contributed by atoms with E-state index in [1.54, 1.807) is 4.90 Å². The minimum Gasteiger partial charge on any atom is -0.378 e. The molecule has 3 aliphatic rings. The molecular formula is C25H33N5O4S. The molecule has 1 aromatic heterocycles. The van der Waals surface area contributed by atoms with E-state index in [0.717, 1.165) is 69.1 Å². The molecule has 2 N–H and O–H groups in total. The smallest absolute Gasteiger partial charge is 0.231 e. The fourth-order valence-electron chi connectivity index (χ4n) is 4.89. The minimum atomic E-state index is -0.410. The van der Waals surface area contributed by atoms with Crippen molar-refractivity contribution < 1.29 is 19.1 Å². The summed E-state index contributed by atoms with van der Waals surface area (Å²) in [6, 6.07) is 7.98. The molecule has 0 radical (unpaired) electrons. The van der Waals surface area contributed by atoms with Crippen LogP contribution in [0, 0.1) is 5.92 Å². The van der Waals surface area contributed by atoms with Gasteiger partial charge < -0.3 is 25.0 Å². The van der Waals surface area contributed by atoms with Gasteiger partial charge in [-0.3, -0.25) is 9.59 Å². The van der Waals surface area contributed by atoms with Crippen LogP contribution in [0.15, 0.2) is 24.3 Å². The topological polar surface area (TPSA) is 106 Å². The number of aryl methyl sites for hydroxylation is 1. The van der Waals surface area contributed by atoms with Crippen LogP contribution in [-0.2, 0) is 31.9 Å². The molecule has 0 bridgehead atoms. The molecule has 0 spiro atoms. The molecule has 5 rings (SSSR count). The van der Waals surface area contributed by atoms with Crippen molar-refractivity contribution in [3.8, 4) is 0 Å². The Labute approximate surface area is 209 Å². The van der Waals surface area contributed by atoms with Crippen molar-refractivity contribution in [1.29, 1.82) is 0 Å². The Morgan fingerprint density at radius 1 is 1.14 bits per heavy atom. The molecule has 4 heterocycles. The molecule has 1 aromatic carbocycles. The van der Waals surface area contributed by atoms with E-state index in [1.165, 1.54) is 23.3 Å². The summed E-state index contributed by atoms with van der Waals surface area (Å²) < 4.78 is 11.6. The Balaban J connectivity index is 1.11. The summed E-state index contributed by atoms with van der Waals surface area (Å²) in [5, 5.41) is 15.9. The molecule has 35 heavy (non-hydrogen) atoms.